The van der Waals surface area contributed by atoms with E-state index >= 15 is 0 Å². The van der Waals surface area contributed by atoms with Gasteiger partial charge < -0.3 is 9.84 Å². The van der Waals surface area contributed by atoms with Gasteiger partial charge in [0.25, 0.3) is 0 Å². The molecular formula is C14H17ClF2N4O. The van der Waals surface area contributed by atoms with E-state index in [0.717, 1.165) is 31.8 Å². The second-order valence-corrected chi connectivity index (χ2v) is 5.17. The summed E-state index contributed by atoms with van der Waals surface area (Å²) in [6.07, 6.45) is 0.286. The lowest BCUT2D eigenvalue weighted by Gasteiger charge is -2.30. The number of piperazine rings is 1. The highest BCUT2D eigenvalue weighted by Gasteiger charge is 2.25. The van der Waals surface area contributed by atoms with Crippen LogP contribution in [0.15, 0.2) is 22.7 Å². The molecule has 1 atom stereocenters. The first-order chi connectivity index (χ1) is 10.1. The van der Waals surface area contributed by atoms with Crippen molar-refractivity contribution in [2.24, 2.45) is 0 Å². The molecule has 0 aliphatic carbocycles. The lowest BCUT2D eigenvalue weighted by Crippen LogP contribution is -2.44. The van der Waals surface area contributed by atoms with Gasteiger partial charge in [-0.05, 0) is 24.7 Å². The molecule has 0 spiro atoms. The maximum Gasteiger partial charge on any atom is 0.231 e. The van der Waals surface area contributed by atoms with Crippen molar-refractivity contribution in [3.05, 3.63) is 47.1 Å². The van der Waals surface area contributed by atoms with Gasteiger partial charge in [0.2, 0.25) is 5.89 Å². The Bertz CT molecular complexity index is 637. The molecular weight excluding hydrogens is 314 g/mol. The van der Waals surface area contributed by atoms with E-state index in [2.05, 4.69) is 20.4 Å². The first kappa shape index (κ1) is 16.8. The van der Waals surface area contributed by atoms with Gasteiger partial charge in [-0.15, -0.1) is 12.4 Å². The van der Waals surface area contributed by atoms with Crippen molar-refractivity contribution in [2.75, 3.05) is 26.7 Å². The topological polar surface area (TPSA) is 54.2 Å². The number of nitrogens with zero attached hydrogens (tertiary/aromatic N) is 3. The van der Waals surface area contributed by atoms with Crippen LogP contribution in [0.25, 0.3) is 0 Å². The zero-order valence-electron chi connectivity index (χ0n) is 12.1. The first-order valence-electron chi connectivity index (χ1n) is 6.81. The second-order valence-electron chi connectivity index (χ2n) is 5.17. The number of halogens is 3. The fourth-order valence-corrected chi connectivity index (χ4v) is 2.39. The zero-order valence-corrected chi connectivity index (χ0v) is 12.9. The van der Waals surface area contributed by atoms with Crippen molar-refractivity contribution >= 4 is 12.4 Å². The van der Waals surface area contributed by atoms with Gasteiger partial charge >= 0.3 is 0 Å². The van der Waals surface area contributed by atoms with E-state index in [-0.39, 0.29) is 24.9 Å². The van der Waals surface area contributed by atoms with Crippen molar-refractivity contribution in [3.63, 3.8) is 0 Å². The van der Waals surface area contributed by atoms with E-state index in [1.165, 1.54) is 6.07 Å². The van der Waals surface area contributed by atoms with E-state index in [1.54, 1.807) is 0 Å². The third-order valence-electron chi connectivity index (χ3n) is 3.63. The van der Waals surface area contributed by atoms with Gasteiger partial charge in [-0.2, -0.15) is 4.98 Å². The van der Waals surface area contributed by atoms with E-state index < -0.39 is 11.6 Å². The molecule has 1 saturated heterocycles. The van der Waals surface area contributed by atoms with Crippen LogP contribution in [0.4, 0.5) is 8.78 Å². The molecule has 1 aromatic carbocycles. The molecule has 5 nitrogen and oxygen atoms in total. The molecule has 0 saturated carbocycles. The lowest BCUT2D eigenvalue weighted by molar-refractivity contribution is 0.190. The van der Waals surface area contributed by atoms with Gasteiger partial charge in [-0.3, -0.25) is 4.90 Å². The normalized spacial score (nSPS) is 19.0. The van der Waals surface area contributed by atoms with Gasteiger partial charge in [-0.25, -0.2) is 8.78 Å². The number of likely N-dealkylation sites (N-methyl/N-ethyl adjacent to an activating group) is 1. The van der Waals surface area contributed by atoms with Crippen molar-refractivity contribution in [2.45, 2.75) is 12.5 Å². The Morgan fingerprint density at radius 2 is 2.18 bits per heavy atom. The van der Waals surface area contributed by atoms with Crippen LogP contribution in [-0.4, -0.2) is 41.7 Å². The van der Waals surface area contributed by atoms with Crippen LogP contribution in [0.2, 0.25) is 0 Å². The number of hydrogen-bond donors (Lipinski definition) is 1. The molecule has 0 amide bonds. The number of rotatable bonds is 3. The third kappa shape index (κ3) is 3.60. The zero-order chi connectivity index (χ0) is 14.8. The second kappa shape index (κ2) is 7.13. The monoisotopic (exact) mass is 330 g/mol. The largest absolute Gasteiger partial charge is 0.339 e. The van der Waals surface area contributed by atoms with Crippen molar-refractivity contribution in [1.29, 1.82) is 0 Å². The predicted molar refractivity (Wildman–Crippen MR) is 79.0 cm³/mol. The van der Waals surface area contributed by atoms with Gasteiger partial charge in [0.15, 0.2) is 17.5 Å². The van der Waals surface area contributed by atoms with Crippen molar-refractivity contribution < 1.29 is 13.3 Å². The number of hydrogen-bond acceptors (Lipinski definition) is 5. The minimum Gasteiger partial charge on any atom is -0.339 e. The molecule has 1 N–H and O–H groups in total. The lowest BCUT2D eigenvalue weighted by atomic mass is 10.1. The fraction of sp³-hybridized carbons (Fsp3) is 0.429. The summed E-state index contributed by atoms with van der Waals surface area (Å²) in [7, 11) is 2.01. The molecule has 3 rings (SSSR count). The Labute approximate surface area is 133 Å². The molecule has 8 heteroatoms. The van der Waals surface area contributed by atoms with E-state index in [0.29, 0.717) is 17.3 Å². The summed E-state index contributed by atoms with van der Waals surface area (Å²) in [4.78, 5) is 6.51. The maximum atomic E-state index is 13.2. The van der Waals surface area contributed by atoms with Gasteiger partial charge in [-0.1, -0.05) is 11.2 Å². The Morgan fingerprint density at radius 3 is 2.91 bits per heavy atom. The van der Waals surface area contributed by atoms with E-state index in [4.69, 9.17) is 4.52 Å². The molecule has 1 aliphatic rings. The average Bonchev–Trinajstić information content (AvgIpc) is 2.92. The summed E-state index contributed by atoms with van der Waals surface area (Å²) >= 11 is 0. The standard InChI is InChI=1S/C14H16F2N4O.ClH/c1-20-5-4-17-8-12(20)14-18-13(21-19-14)7-9-2-3-10(15)11(16)6-9;/h2-3,6,12,17H,4-5,7-8H2,1H3;1H. The molecule has 0 radical (unpaired) electrons. The summed E-state index contributed by atoms with van der Waals surface area (Å²) in [5.41, 5.74) is 0.597. The molecule has 120 valence electrons. The van der Waals surface area contributed by atoms with Crippen LogP contribution in [0.5, 0.6) is 0 Å². The molecule has 2 aromatic rings. The SMILES string of the molecule is CN1CCNCC1c1noc(Cc2ccc(F)c(F)c2)n1.Cl. The number of benzene rings is 1. The van der Waals surface area contributed by atoms with Gasteiger partial charge in [0, 0.05) is 19.6 Å². The molecule has 22 heavy (non-hydrogen) atoms. The molecule has 2 heterocycles. The Kier molecular flexibility index (Phi) is 5.44. The molecule has 1 aromatic heterocycles. The quantitative estimate of drug-likeness (QED) is 0.932. The predicted octanol–water partition coefficient (Wildman–Crippen LogP) is 1.94. The highest BCUT2D eigenvalue weighted by Crippen LogP contribution is 2.19. The highest BCUT2D eigenvalue weighted by atomic mass is 35.5. The van der Waals surface area contributed by atoms with E-state index in [9.17, 15) is 8.78 Å². The summed E-state index contributed by atoms with van der Waals surface area (Å²) in [5, 5.41) is 7.27. The van der Waals surface area contributed by atoms with Crippen LogP contribution in [0.1, 0.15) is 23.3 Å². The highest BCUT2D eigenvalue weighted by molar-refractivity contribution is 5.85. The Balaban J connectivity index is 0.00000176. The molecule has 1 unspecified atom stereocenters. The fourth-order valence-electron chi connectivity index (χ4n) is 2.39. The minimum atomic E-state index is -0.872. The number of aromatic nitrogens is 2. The van der Waals surface area contributed by atoms with Crippen LogP contribution in [0, 0.1) is 11.6 Å². The summed E-state index contributed by atoms with van der Waals surface area (Å²) in [6.45, 7) is 2.62. The third-order valence-corrected chi connectivity index (χ3v) is 3.63. The van der Waals surface area contributed by atoms with Crippen LogP contribution in [-0.2, 0) is 6.42 Å². The smallest absolute Gasteiger partial charge is 0.231 e. The average molecular weight is 331 g/mol. The first-order valence-corrected chi connectivity index (χ1v) is 6.81. The number of nitrogens with one attached hydrogen (secondary N) is 1. The van der Waals surface area contributed by atoms with Crippen molar-refractivity contribution in [1.82, 2.24) is 20.4 Å². The summed E-state index contributed by atoms with van der Waals surface area (Å²) in [5.74, 6) is -0.722. The summed E-state index contributed by atoms with van der Waals surface area (Å²) < 4.78 is 31.3. The summed E-state index contributed by atoms with van der Waals surface area (Å²) in [6, 6.07) is 3.83. The minimum absolute atomic E-state index is 0. The Hall–Kier alpha value is -1.57. The van der Waals surface area contributed by atoms with Gasteiger partial charge in [0.05, 0.1) is 12.5 Å². The maximum absolute atomic E-state index is 13.2. The van der Waals surface area contributed by atoms with Gasteiger partial charge in [0.1, 0.15) is 0 Å². The van der Waals surface area contributed by atoms with Crippen LogP contribution in [0.3, 0.4) is 0 Å². The van der Waals surface area contributed by atoms with Crippen molar-refractivity contribution in [3.8, 4) is 0 Å². The Morgan fingerprint density at radius 1 is 1.36 bits per heavy atom. The van der Waals surface area contributed by atoms with Crippen LogP contribution >= 0.6 is 12.4 Å². The van der Waals surface area contributed by atoms with Crippen LogP contribution < -0.4 is 5.32 Å². The molecule has 1 aliphatic heterocycles. The van der Waals surface area contributed by atoms with E-state index in [1.807, 2.05) is 7.05 Å². The molecule has 0 bridgehead atoms. The molecule has 1 fully saturated rings.